The van der Waals surface area contributed by atoms with Crippen LogP contribution in [0.25, 0.3) is 0 Å². The molecular weight excluding hydrogens is 450 g/mol. The van der Waals surface area contributed by atoms with Crippen LogP contribution >= 0.6 is 23.4 Å². The summed E-state index contributed by atoms with van der Waals surface area (Å²) < 4.78 is 33.1. The molecule has 0 saturated carbocycles. The van der Waals surface area contributed by atoms with Crippen LogP contribution in [0.5, 0.6) is 0 Å². The van der Waals surface area contributed by atoms with E-state index in [1.807, 2.05) is 0 Å². The molecule has 0 spiro atoms. The molecule has 2 aromatic rings. The molecule has 30 heavy (non-hydrogen) atoms. The number of hydrogen-bond donors (Lipinski definition) is 2. The van der Waals surface area contributed by atoms with Gasteiger partial charge in [0.2, 0.25) is 11.8 Å². The molecule has 0 radical (unpaired) electrons. The number of hydrogen-bond acceptors (Lipinski definition) is 6. The molecule has 4 rings (SSSR count). The van der Waals surface area contributed by atoms with Gasteiger partial charge in [-0.2, -0.15) is 0 Å². The van der Waals surface area contributed by atoms with E-state index in [2.05, 4.69) is 10.0 Å². The minimum atomic E-state index is -3.87. The Balaban J connectivity index is 1.53. The maximum atomic E-state index is 12.7. The van der Waals surface area contributed by atoms with E-state index < -0.39 is 21.2 Å². The Bertz CT molecular complexity index is 1090. The van der Waals surface area contributed by atoms with E-state index in [1.54, 1.807) is 35.2 Å². The van der Waals surface area contributed by atoms with E-state index in [-0.39, 0.29) is 10.8 Å². The van der Waals surface area contributed by atoms with Crippen LogP contribution in [-0.4, -0.2) is 56.7 Å². The first-order valence-electron chi connectivity index (χ1n) is 9.10. The summed E-state index contributed by atoms with van der Waals surface area (Å²) in [7, 11) is -3.87. The molecular formula is C19H18ClN3O5S2. The zero-order chi connectivity index (χ0) is 21.3. The monoisotopic (exact) mass is 467 g/mol. The van der Waals surface area contributed by atoms with Crippen molar-refractivity contribution < 1.29 is 22.7 Å². The third-order valence-electron chi connectivity index (χ3n) is 4.65. The highest BCUT2D eigenvalue weighted by atomic mass is 35.5. The number of nitrogens with zero attached hydrogens (tertiary/aromatic N) is 1. The fraction of sp³-hybridized carbons (Fsp3) is 0.263. The molecule has 0 bridgehead atoms. The lowest BCUT2D eigenvalue weighted by atomic mass is 10.2. The number of carbonyl (C=O) groups is 2. The van der Waals surface area contributed by atoms with E-state index in [1.165, 1.54) is 12.1 Å². The fourth-order valence-corrected chi connectivity index (χ4v) is 5.36. The van der Waals surface area contributed by atoms with Crippen LogP contribution in [0.2, 0.25) is 5.02 Å². The number of fused-ring (bicyclic) bond motifs is 1. The molecule has 2 aliphatic heterocycles. The summed E-state index contributed by atoms with van der Waals surface area (Å²) in [6, 6.07) is 10.7. The molecule has 8 nitrogen and oxygen atoms in total. The molecule has 2 aromatic carbocycles. The normalized spacial score (nSPS) is 19.0. The van der Waals surface area contributed by atoms with Gasteiger partial charge in [-0.25, -0.2) is 8.42 Å². The van der Waals surface area contributed by atoms with Gasteiger partial charge in [0.05, 0.1) is 23.8 Å². The van der Waals surface area contributed by atoms with Gasteiger partial charge in [-0.3, -0.25) is 14.3 Å². The van der Waals surface area contributed by atoms with Gasteiger partial charge in [0.15, 0.2) is 5.25 Å². The number of halogens is 1. The van der Waals surface area contributed by atoms with E-state index in [0.717, 1.165) is 11.8 Å². The predicted molar refractivity (Wildman–Crippen MR) is 114 cm³/mol. The largest absolute Gasteiger partial charge is 0.378 e. The van der Waals surface area contributed by atoms with Crippen molar-refractivity contribution in [3.8, 4) is 0 Å². The number of benzene rings is 2. The van der Waals surface area contributed by atoms with Crippen LogP contribution in [0.3, 0.4) is 0 Å². The van der Waals surface area contributed by atoms with E-state index in [0.29, 0.717) is 47.6 Å². The predicted octanol–water partition coefficient (Wildman–Crippen LogP) is 2.41. The van der Waals surface area contributed by atoms with Crippen LogP contribution in [0.1, 0.15) is 0 Å². The summed E-state index contributed by atoms with van der Waals surface area (Å²) in [4.78, 5) is 27.5. The van der Waals surface area contributed by atoms with Gasteiger partial charge >= 0.3 is 0 Å². The number of carbonyl (C=O) groups excluding carboxylic acids is 2. The van der Waals surface area contributed by atoms with Crippen molar-refractivity contribution in [1.29, 1.82) is 0 Å². The molecule has 158 valence electrons. The Labute approximate surface area is 183 Å². The molecule has 2 aliphatic rings. The molecule has 11 heteroatoms. The van der Waals surface area contributed by atoms with Gasteiger partial charge in [0, 0.05) is 28.7 Å². The summed E-state index contributed by atoms with van der Waals surface area (Å²) in [6.07, 6.45) is 0. The molecule has 2 heterocycles. The molecule has 2 amide bonds. The Morgan fingerprint density at radius 1 is 1.17 bits per heavy atom. The van der Waals surface area contributed by atoms with Crippen LogP contribution in [0.4, 0.5) is 11.4 Å². The van der Waals surface area contributed by atoms with Gasteiger partial charge in [-0.05, 0) is 42.5 Å². The van der Waals surface area contributed by atoms with E-state index in [4.69, 9.17) is 16.3 Å². The Hall–Kier alpha value is -2.27. The average molecular weight is 468 g/mol. The molecule has 1 atom stereocenters. The zero-order valence-electron chi connectivity index (χ0n) is 15.6. The number of nitrogens with one attached hydrogen (secondary N) is 2. The molecule has 0 aliphatic carbocycles. The summed E-state index contributed by atoms with van der Waals surface area (Å²) in [5.74, 6) is -0.739. The second kappa shape index (κ2) is 8.46. The lowest BCUT2D eigenvalue weighted by Crippen LogP contribution is -2.49. The lowest BCUT2D eigenvalue weighted by molar-refractivity contribution is -0.137. The van der Waals surface area contributed by atoms with Gasteiger partial charge in [0.1, 0.15) is 0 Å². The number of morpholine rings is 1. The summed E-state index contributed by atoms with van der Waals surface area (Å²) in [6.45, 7) is 1.79. The quantitative estimate of drug-likeness (QED) is 0.669. The fourth-order valence-electron chi connectivity index (χ4n) is 3.10. The first-order valence-corrected chi connectivity index (χ1v) is 11.8. The topological polar surface area (TPSA) is 105 Å². The maximum absolute atomic E-state index is 12.7. The Kier molecular flexibility index (Phi) is 5.92. The SMILES string of the molecule is O=C1Nc2cc(S(=O)(=O)Nc3ccc(Cl)cc3)ccc2S[C@H]1C(=O)N1CCOCC1. The van der Waals surface area contributed by atoms with Gasteiger partial charge in [-0.15, -0.1) is 11.8 Å². The Morgan fingerprint density at radius 3 is 2.57 bits per heavy atom. The van der Waals surface area contributed by atoms with E-state index >= 15 is 0 Å². The van der Waals surface area contributed by atoms with Crippen molar-refractivity contribution in [3.05, 3.63) is 47.5 Å². The Morgan fingerprint density at radius 2 is 1.87 bits per heavy atom. The van der Waals surface area contributed by atoms with Gasteiger partial charge in [0.25, 0.3) is 10.0 Å². The highest BCUT2D eigenvalue weighted by Gasteiger charge is 2.36. The third kappa shape index (κ3) is 4.41. The zero-order valence-corrected chi connectivity index (χ0v) is 18.0. The minimum Gasteiger partial charge on any atom is -0.378 e. The summed E-state index contributed by atoms with van der Waals surface area (Å²) in [5.41, 5.74) is 0.724. The van der Waals surface area contributed by atoms with Crippen molar-refractivity contribution >= 4 is 56.6 Å². The highest BCUT2D eigenvalue weighted by molar-refractivity contribution is 8.01. The highest BCUT2D eigenvalue weighted by Crippen LogP contribution is 2.38. The number of thioether (sulfide) groups is 1. The molecule has 1 fully saturated rings. The van der Waals surface area contributed by atoms with Crippen molar-refractivity contribution in [2.45, 2.75) is 15.0 Å². The second-order valence-corrected chi connectivity index (χ2v) is 9.96. The smallest absolute Gasteiger partial charge is 0.261 e. The van der Waals surface area contributed by atoms with E-state index in [9.17, 15) is 18.0 Å². The number of rotatable bonds is 4. The van der Waals surface area contributed by atoms with Crippen molar-refractivity contribution in [1.82, 2.24) is 4.90 Å². The second-order valence-electron chi connectivity index (χ2n) is 6.70. The summed E-state index contributed by atoms with van der Waals surface area (Å²) >= 11 is 6.94. The first-order chi connectivity index (χ1) is 14.3. The number of ether oxygens (including phenoxy) is 1. The summed E-state index contributed by atoms with van der Waals surface area (Å²) in [5, 5.41) is 2.25. The van der Waals surface area contributed by atoms with Crippen LogP contribution in [0.15, 0.2) is 52.3 Å². The lowest BCUT2D eigenvalue weighted by Gasteiger charge is -2.31. The number of anilines is 2. The molecule has 2 N–H and O–H groups in total. The van der Waals surface area contributed by atoms with Crippen LogP contribution < -0.4 is 10.0 Å². The first kappa shape index (κ1) is 21.0. The van der Waals surface area contributed by atoms with Crippen LogP contribution in [-0.2, 0) is 24.3 Å². The maximum Gasteiger partial charge on any atom is 0.261 e. The van der Waals surface area contributed by atoms with Crippen LogP contribution in [0, 0.1) is 0 Å². The van der Waals surface area contributed by atoms with Gasteiger partial charge < -0.3 is 15.0 Å². The van der Waals surface area contributed by atoms with Crippen molar-refractivity contribution in [2.75, 3.05) is 36.3 Å². The minimum absolute atomic E-state index is 0.00458. The number of sulfonamides is 1. The molecule has 0 unspecified atom stereocenters. The third-order valence-corrected chi connectivity index (χ3v) is 7.54. The average Bonchev–Trinajstić information content (AvgIpc) is 2.74. The molecule has 1 saturated heterocycles. The van der Waals surface area contributed by atoms with Gasteiger partial charge in [-0.1, -0.05) is 11.6 Å². The molecule has 0 aromatic heterocycles. The standard InChI is InChI=1S/C19H18ClN3O5S2/c20-12-1-3-13(4-2-12)22-30(26,27)14-5-6-16-15(11-14)21-18(24)17(29-16)19(25)23-7-9-28-10-8-23/h1-6,11,17,22H,7-10H2,(H,21,24)/t17-/m1/s1. The van der Waals surface area contributed by atoms with Crippen molar-refractivity contribution in [2.24, 2.45) is 0 Å². The van der Waals surface area contributed by atoms with Crippen molar-refractivity contribution in [3.63, 3.8) is 0 Å². The number of amides is 2.